The van der Waals surface area contributed by atoms with Crippen LogP contribution in [0.3, 0.4) is 0 Å². The van der Waals surface area contributed by atoms with Gasteiger partial charge in [-0.1, -0.05) is 40.2 Å². The lowest BCUT2D eigenvalue weighted by molar-refractivity contribution is -0.121. The van der Waals surface area contributed by atoms with Crippen molar-refractivity contribution in [3.63, 3.8) is 0 Å². The average Bonchev–Trinajstić information content (AvgIpc) is 2.51. The van der Waals surface area contributed by atoms with Gasteiger partial charge in [0.2, 0.25) is 5.91 Å². The average molecular weight is 348 g/mol. The Bertz CT molecular complexity index is 596. The van der Waals surface area contributed by atoms with Crippen LogP contribution in [-0.4, -0.2) is 13.0 Å². The molecule has 0 aliphatic rings. The SMILES string of the molecule is COc1ccc(CCC(=O)NCc2cccc(Br)c2)cc1. The smallest absolute Gasteiger partial charge is 0.220 e. The predicted molar refractivity (Wildman–Crippen MR) is 87.3 cm³/mol. The minimum atomic E-state index is 0.0609. The molecule has 0 fully saturated rings. The Morgan fingerprint density at radius 2 is 1.90 bits per heavy atom. The van der Waals surface area contributed by atoms with E-state index in [-0.39, 0.29) is 5.91 Å². The second-order valence-corrected chi connectivity index (χ2v) is 5.67. The van der Waals surface area contributed by atoms with Gasteiger partial charge in [0.15, 0.2) is 0 Å². The molecule has 0 unspecified atom stereocenters. The Labute approximate surface area is 133 Å². The molecule has 0 atom stereocenters. The molecule has 2 aromatic carbocycles. The Hall–Kier alpha value is -1.81. The molecule has 21 heavy (non-hydrogen) atoms. The maximum Gasteiger partial charge on any atom is 0.220 e. The van der Waals surface area contributed by atoms with E-state index in [1.54, 1.807) is 7.11 Å². The molecule has 0 aliphatic carbocycles. The zero-order valence-electron chi connectivity index (χ0n) is 11.9. The van der Waals surface area contributed by atoms with Gasteiger partial charge in [-0.25, -0.2) is 0 Å². The number of halogens is 1. The quantitative estimate of drug-likeness (QED) is 0.864. The molecule has 0 bridgehead atoms. The molecular formula is C17H18BrNO2. The van der Waals surface area contributed by atoms with E-state index >= 15 is 0 Å². The first-order chi connectivity index (χ1) is 10.2. The minimum absolute atomic E-state index is 0.0609. The molecule has 0 heterocycles. The van der Waals surface area contributed by atoms with Gasteiger partial charge >= 0.3 is 0 Å². The Morgan fingerprint density at radius 3 is 2.57 bits per heavy atom. The molecule has 110 valence electrons. The van der Waals surface area contributed by atoms with Crippen LogP contribution in [-0.2, 0) is 17.8 Å². The van der Waals surface area contributed by atoms with Crippen LogP contribution < -0.4 is 10.1 Å². The summed E-state index contributed by atoms with van der Waals surface area (Å²) in [6.07, 6.45) is 1.22. The first-order valence-electron chi connectivity index (χ1n) is 6.81. The summed E-state index contributed by atoms with van der Waals surface area (Å²) in [5.41, 5.74) is 2.22. The highest BCUT2D eigenvalue weighted by Gasteiger charge is 2.03. The molecule has 0 aliphatic heterocycles. The molecule has 0 aromatic heterocycles. The molecule has 4 heteroatoms. The Balaban J connectivity index is 1.76. The summed E-state index contributed by atoms with van der Waals surface area (Å²) in [5, 5.41) is 2.93. The van der Waals surface area contributed by atoms with Crippen molar-refractivity contribution in [3.8, 4) is 5.75 Å². The van der Waals surface area contributed by atoms with E-state index in [4.69, 9.17) is 4.74 Å². The lowest BCUT2D eigenvalue weighted by atomic mass is 10.1. The third-order valence-electron chi connectivity index (χ3n) is 3.18. The predicted octanol–water partition coefficient (Wildman–Crippen LogP) is 3.71. The summed E-state index contributed by atoms with van der Waals surface area (Å²) in [6.45, 7) is 0.556. The third-order valence-corrected chi connectivity index (χ3v) is 3.67. The van der Waals surface area contributed by atoms with Crippen molar-refractivity contribution in [1.29, 1.82) is 0 Å². The number of ether oxygens (including phenoxy) is 1. The maximum atomic E-state index is 11.9. The van der Waals surface area contributed by atoms with Crippen molar-refractivity contribution in [2.24, 2.45) is 0 Å². The summed E-state index contributed by atoms with van der Waals surface area (Å²) in [7, 11) is 1.64. The van der Waals surface area contributed by atoms with Crippen molar-refractivity contribution in [3.05, 3.63) is 64.1 Å². The molecule has 0 saturated carbocycles. The maximum absolute atomic E-state index is 11.9. The van der Waals surface area contributed by atoms with Crippen LogP contribution in [0.4, 0.5) is 0 Å². The fourth-order valence-electron chi connectivity index (χ4n) is 1.99. The van der Waals surface area contributed by atoms with E-state index < -0.39 is 0 Å². The molecule has 0 spiro atoms. The second kappa shape index (κ2) is 7.84. The number of aryl methyl sites for hydroxylation is 1. The van der Waals surface area contributed by atoms with Gasteiger partial charge in [0, 0.05) is 17.4 Å². The molecule has 3 nitrogen and oxygen atoms in total. The fraction of sp³-hybridized carbons (Fsp3) is 0.235. The first kappa shape index (κ1) is 15.6. The number of carbonyl (C=O) groups is 1. The molecule has 2 aromatic rings. The number of benzene rings is 2. The highest BCUT2D eigenvalue weighted by molar-refractivity contribution is 9.10. The van der Waals surface area contributed by atoms with Crippen molar-refractivity contribution in [2.45, 2.75) is 19.4 Å². The number of methoxy groups -OCH3 is 1. The molecule has 0 saturated heterocycles. The molecule has 0 radical (unpaired) electrons. The minimum Gasteiger partial charge on any atom is -0.497 e. The standard InChI is InChI=1S/C17H18BrNO2/c1-21-16-8-5-13(6-9-16)7-10-17(20)19-12-14-3-2-4-15(18)11-14/h2-6,8-9,11H,7,10,12H2,1H3,(H,19,20). The van der Waals surface area contributed by atoms with Crippen LogP contribution in [0.1, 0.15) is 17.5 Å². The van der Waals surface area contributed by atoms with Gasteiger partial charge in [0.1, 0.15) is 5.75 Å². The van der Waals surface area contributed by atoms with E-state index in [1.165, 1.54) is 0 Å². The van der Waals surface area contributed by atoms with Gasteiger partial charge in [-0.2, -0.15) is 0 Å². The first-order valence-corrected chi connectivity index (χ1v) is 7.61. The van der Waals surface area contributed by atoms with Crippen molar-refractivity contribution >= 4 is 21.8 Å². The van der Waals surface area contributed by atoms with Gasteiger partial charge in [-0.05, 0) is 41.8 Å². The molecule has 2 rings (SSSR count). The summed E-state index contributed by atoms with van der Waals surface area (Å²) < 4.78 is 6.13. The van der Waals surface area contributed by atoms with Gasteiger partial charge < -0.3 is 10.1 Å². The number of rotatable bonds is 6. The molecule has 1 amide bonds. The fourth-order valence-corrected chi connectivity index (χ4v) is 2.43. The Morgan fingerprint density at radius 1 is 1.14 bits per heavy atom. The topological polar surface area (TPSA) is 38.3 Å². The summed E-state index contributed by atoms with van der Waals surface area (Å²) in [4.78, 5) is 11.9. The van der Waals surface area contributed by atoms with Crippen LogP contribution in [0.5, 0.6) is 5.75 Å². The third kappa shape index (κ3) is 5.23. The zero-order chi connectivity index (χ0) is 15.1. The summed E-state index contributed by atoms with van der Waals surface area (Å²) in [5.74, 6) is 0.892. The van der Waals surface area contributed by atoms with Crippen molar-refractivity contribution < 1.29 is 9.53 Å². The molecular weight excluding hydrogens is 330 g/mol. The lowest BCUT2D eigenvalue weighted by Crippen LogP contribution is -2.22. The largest absolute Gasteiger partial charge is 0.497 e. The van der Waals surface area contributed by atoms with Crippen molar-refractivity contribution in [2.75, 3.05) is 7.11 Å². The van der Waals surface area contributed by atoms with Crippen LogP contribution in [0.25, 0.3) is 0 Å². The van der Waals surface area contributed by atoms with E-state index in [9.17, 15) is 4.79 Å². The highest BCUT2D eigenvalue weighted by Crippen LogP contribution is 2.13. The van der Waals surface area contributed by atoms with E-state index in [0.29, 0.717) is 13.0 Å². The number of amides is 1. The van der Waals surface area contributed by atoms with Crippen molar-refractivity contribution in [1.82, 2.24) is 5.32 Å². The number of hydrogen-bond acceptors (Lipinski definition) is 2. The number of nitrogens with one attached hydrogen (secondary N) is 1. The van der Waals surface area contributed by atoms with Gasteiger partial charge in [0.05, 0.1) is 7.11 Å². The van der Waals surface area contributed by atoms with E-state index in [2.05, 4.69) is 21.2 Å². The molecule has 1 N–H and O–H groups in total. The Kier molecular flexibility index (Phi) is 5.81. The van der Waals surface area contributed by atoms with Gasteiger partial charge in [-0.15, -0.1) is 0 Å². The second-order valence-electron chi connectivity index (χ2n) is 4.75. The van der Waals surface area contributed by atoms with Crippen LogP contribution in [0, 0.1) is 0 Å². The summed E-state index contributed by atoms with van der Waals surface area (Å²) >= 11 is 3.42. The van der Waals surface area contributed by atoms with E-state index in [1.807, 2.05) is 48.5 Å². The zero-order valence-corrected chi connectivity index (χ0v) is 13.5. The van der Waals surface area contributed by atoms with Crippen LogP contribution in [0.15, 0.2) is 53.0 Å². The van der Waals surface area contributed by atoms with Crippen LogP contribution >= 0.6 is 15.9 Å². The number of carbonyl (C=O) groups excluding carboxylic acids is 1. The van der Waals surface area contributed by atoms with Crippen LogP contribution in [0.2, 0.25) is 0 Å². The normalized spacial score (nSPS) is 10.2. The van der Waals surface area contributed by atoms with Gasteiger partial charge in [-0.3, -0.25) is 4.79 Å². The monoisotopic (exact) mass is 347 g/mol. The van der Waals surface area contributed by atoms with E-state index in [0.717, 1.165) is 27.8 Å². The van der Waals surface area contributed by atoms with Gasteiger partial charge in [0.25, 0.3) is 0 Å². The highest BCUT2D eigenvalue weighted by atomic mass is 79.9. The number of hydrogen-bond donors (Lipinski definition) is 1. The lowest BCUT2D eigenvalue weighted by Gasteiger charge is -2.06. The summed E-state index contributed by atoms with van der Waals surface area (Å²) in [6, 6.07) is 15.7.